The third kappa shape index (κ3) is 2.58. The molecule has 0 bridgehead atoms. The Morgan fingerprint density at radius 1 is 1.13 bits per heavy atom. The summed E-state index contributed by atoms with van der Waals surface area (Å²) in [5, 5.41) is 4.66. The van der Waals surface area contributed by atoms with Gasteiger partial charge in [0.2, 0.25) is 11.8 Å². The predicted octanol–water partition coefficient (Wildman–Crippen LogP) is 2.65. The van der Waals surface area contributed by atoms with Crippen molar-refractivity contribution in [2.24, 2.45) is 0 Å². The zero-order valence-electron chi connectivity index (χ0n) is 13.8. The molecule has 7 heteroatoms. The van der Waals surface area contributed by atoms with Crippen LogP contribution in [0.25, 0.3) is 16.6 Å². The van der Waals surface area contributed by atoms with E-state index in [2.05, 4.69) is 15.1 Å². The van der Waals surface area contributed by atoms with Crippen LogP contribution in [0.4, 0.5) is 10.3 Å². The average molecular weight is 315 g/mol. The molecule has 2 heterocycles. The summed E-state index contributed by atoms with van der Waals surface area (Å²) < 4.78 is 21.6. The van der Waals surface area contributed by atoms with E-state index in [0.29, 0.717) is 17.2 Å². The van der Waals surface area contributed by atoms with Crippen molar-refractivity contribution in [3.8, 4) is 11.6 Å². The summed E-state index contributed by atoms with van der Waals surface area (Å²) >= 11 is 0. The van der Waals surface area contributed by atoms with Crippen LogP contribution in [0.15, 0.2) is 18.2 Å². The molecule has 0 aliphatic heterocycles. The number of anilines is 1. The van der Waals surface area contributed by atoms with Crippen LogP contribution in [0.5, 0.6) is 5.88 Å². The number of aryl methyl sites for hydroxylation is 2. The number of methoxy groups -OCH3 is 1. The maximum Gasteiger partial charge on any atom is 0.229 e. The molecule has 2 aromatic heterocycles. The van der Waals surface area contributed by atoms with Gasteiger partial charge in [0.05, 0.1) is 29.4 Å². The van der Waals surface area contributed by atoms with Crippen molar-refractivity contribution in [3.05, 3.63) is 35.4 Å². The first-order valence-corrected chi connectivity index (χ1v) is 7.17. The van der Waals surface area contributed by atoms with Crippen molar-refractivity contribution in [2.45, 2.75) is 13.8 Å². The van der Waals surface area contributed by atoms with Crippen LogP contribution in [-0.2, 0) is 0 Å². The molecule has 6 nitrogen and oxygen atoms in total. The van der Waals surface area contributed by atoms with Gasteiger partial charge in [-0.3, -0.25) is 0 Å². The van der Waals surface area contributed by atoms with Gasteiger partial charge < -0.3 is 9.64 Å². The van der Waals surface area contributed by atoms with Crippen LogP contribution in [0.3, 0.4) is 0 Å². The number of halogens is 1. The van der Waals surface area contributed by atoms with E-state index < -0.39 is 5.82 Å². The zero-order valence-corrected chi connectivity index (χ0v) is 13.8. The van der Waals surface area contributed by atoms with Gasteiger partial charge in [0.25, 0.3) is 0 Å². The fourth-order valence-corrected chi connectivity index (χ4v) is 2.52. The number of fused-ring (bicyclic) bond motifs is 1. The lowest BCUT2D eigenvalue weighted by atomic mass is 10.2. The smallest absolute Gasteiger partial charge is 0.229 e. The van der Waals surface area contributed by atoms with E-state index in [0.717, 1.165) is 11.4 Å². The molecule has 0 aliphatic rings. The van der Waals surface area contributed by atoms with Crippen molar-refractivity contribution in [2.75, 3.05) is 26.1 Å². The van der Waals surface area contributed by atoms with Crippen LogP contribution in [0.1, 0.15) is 11.4 Å². The number of hydrogen-bond acceptors (Lipinski definition) is 5. The van der Waals surface area contributed by atoms with Crippen LogP contribution in [-0.4, -0.2) is 41.0 Å². The Balaban J connectivity index is 2.30. The summed E-state index contributed by atoms with van der Waals surface area (Å²) in [6.45, 7) is 3.82. The molecule has 0 unspecified atom stereocenters. The summed E-state index contributed by atoms with van der Waals surface area (Å²) in [5.74, 6) is 0.239. The van der Waals surface area contributed by atoms with E-state index in [4.69, 9.17) is 4.74 Å². The van der Waals surface area contributed by atoms with Crippen LogP contribution in [0, 0.1) is 19.7 Å². The molecule has 0 atom stereocenters. The molecular weight excluding hydrogens is 297 g/mol. The van der Waals surface area contributed by atoms with Gasteiger partial charge in [-0.1, -0.05) is 0 Å². The lowest BCUT2D eigenvalue weighted by molar-refractivity contribution is 0.401. The summed E-state index contributed by atoms with van der Waals surface area (Å²) in [6.07, 6.45) is 0. The fourth-order valence-electron chi connectivity index (χ4n) is 2.52. The first-order valence-electron chi connectivity index (χ1n) is 7.17. The number of nitrogens with zero attached hydrogens (tertiary/aromatic N) is 5. The number of aromatic nitrogens is 4. The Kier molecular flexibility index (Phi) is 3.63. The predicted molar refractivity (Wildman–Crippen MR) is 87.0 cm³/mol. The Labute approximate surface area is 133 Å². The third-order valence-electron chi connectivity index (χ3n) is 3.54. The SMILES string of the molecule is COc1nc(N(C)C)nc2cc(-n3nc(C)cc3C)cc(F)c12. The molecule has 0 N–H and O–H groups in total. The van der Waals surface area contributed by atoms with E-state index in [1.165, 1.54) is 13.2 Å². The lowest BCUT2D eigenvalue weighted by Crippen LogP contribution is -2.13. The first kappa shape index (κ1) is 15.2. The second kappa shape index (κ2) is 5.49. The Morgan fingerprint density at radius 3 is 2.43 bits per heavy atom. The van der Waals surface area contributed by atoms with Crippen molar-refractivity contribution in [3.63, 3.8) is 0 Å². The van der Waals surface area contributed by atoms with Gasteiger partial charge in [0, 0.05) is 25.9 Å². The summed E-state index contributed by atoms with van der Waals surface area (Å²) in [4.78, 5) is 10.4. The van der Waals surface area contributed by atoms with Crippen molar-refractivity contribution < 1.29 is 9.13 Å². The summed E-state index contributed by atoms with van der Waals surface area (Å²) in [6, 6.07) is 5.14. The van der Waals surface area contributed by atoms with Crippen LogP contribution >= 0.6 is 0 Å². The molecule has 23 heavy (non-hydrogen) atoms. The zero-order chi connectivity index (χ0) is 16.7. The molecule has 1 aromatic carbocycles. The average Bonchev–Trinajstić information content (AvgIpc) is 2.84. The maximum atomic E-state index is 14.6. The summed E-state index contributed by atoms with van der Waals surface area (Å²) in [7, 11) is 5.11. The topological polar surface area (TPSA) is 56.1 Å². The molecule has 0 fully saturated rings. The van der Waals surface area contributed by atoms with E-state index in [1.807, 2.05) is 34.0 Å². The summed E-state index contributed by atoms with van der Waals surface area (Å²) in [5.41, 5.74) is 2.89. The monoisotopic (exact) mass is 315 g/mol. The van der Waals surface area contributed by atoms with Crippen molar-refractivity contribution in [1.82, 2.24) is 19.7 Å². The van der Waals surface area contributed by atoms with E-state index in [9.17, 15) is 4.39 Å². The Bertz CT molecular complexity index is 888. The van der Waals surface area contributed by atoms with Crippen molar-refractivity contribution in [1.29, 1.82) is 0 Å². The second-order valence-corrected chi connectivity index (χ2v) is 5.59. The van der Waals surface area contributed by atoms with Gasteiger partial charge in [0.1, 0.15) is 5.82 Å². The molecule has 0 spiro atoms. The van der Waals surface area contributed by atoms with Gasteiger partial charge in [-0.15, -0.1) is 0 Å². The molecule has 0 saturated carbocycles. The minimum atomic E-state index is -0.438. The van der Waals surface area contributed by atoms with E-state index in [1.54, 1.807) is 15.6 Å². The highest BCUT2D eigenvalue weighted by Gasteiger charge is 2.16. The van der Waals surface area contributed by atoms with Crippen LogP contribution < -0.4 is 9.64 Å². The molecule has 0 radical (unpaired) electrons. The Hall–Kier alpha value is -2.70. The lowest BCUT2D eigenvalue weighted by Gasteiger charge is -2.14. The normalized spacial score (nSPS) is 11.0. The standard InChI is InChI=1S/C16H18FN5O/c1-9-6-10(2)22(20-9)11-7-12(17)14-13(8-11)18-16(21(3)4)19-15(14)23-5/h6-8H,1-5H3. The largest absolute Gasteiger partial charge is 0.480 e. The number of ether oxygens (including phenoxy) is 1. The van der Waals surface area contributed by atoms with Gasteiger partial charge in [0.15, 0.2) is 0 Å². The van der Waals surface area contributed by atoms with E-state index >= 15 is 0 Å². The molecule has 120 valence electrons. The van der Waals surface area contributed by atoms with Gasteiger partial charge in [-0.25, -0.2) is 14.1 Å². The molecule has 0 amide bonds. The minimum absolute atomic E-state index is 0.219. The number of benzene rings is 1. The fraction of sp³-hybridized carbons (Fsp3) is 0.312. The molecule has 3 aromatic rings. The highest BCUT2D eigenvalue weighted by molar-refractivity contribution is 5.87. The third-order valence-corrected chi connectivity index (χ3v) is 3.54. The molecule has 0 aliphatic carbocycles. The molecule has 0 saturated heterocycles. The van der Waals surface area contributed by atoms with Gasteiger partial charge in [-0.2, -0.15) is 10.1 Å². The quantitative estimate of drug-likeness (QED) is 0.744. The second-order valence-electron chi connectivity index (χ2n) is 5.59. The first-order chi connectivity index (χ1) is 10.9. The maximum absolute atomic E-state index is 14.6. The van der Waals surface area contributed by atoms with E-state index in [-0.39, 0.29) is 11.3 Å². The van der Waals surface area contributed by atoms with Crippen molar-refractivity contribution >= 4 is 16.9 Å². The Morgan fingerprint density at radius 2 is 1.87 bits per heavy atom. The van der Waals surface area contributed by atoms with Crippen LogP contribution in [0.2, 0.25) is 0 Å². The minimum Gasteiger partial charge on any atom is -0.480 e. The molecule has 3 rings (SSSR count). The number of rotatable bonds is 3. The molecular formula is C16H18FN5O. The number of hydrogen-bond donors (Lipinski definition) is 0. The highest BCUT2D eigenvalue weighted by atomic mass is 19.1. The highest BCUT2D eigenvalue weighted by Crippen LogP contribution is 2.29. The van der Waals surface area contributed by atoms with Gasteiger partial charge >= 0.3 is 0 Å². The van der Waals surface area contributed by atoms with Gasteiger partial charge in [-0.05, 0) is 26.0 Å².